The molecule has 13 heteroatoms. The lowest BCUT2D eigenvalue weighted by molar-refractivity contribution is -0.384. The average molecular weight is 622 g/mol. The molecule has 3 rings (SSSR count). The van der Waals surface area contributed by atoms with E-state index in [4.69, 9.17) is 23.2 Å². The number of benzene rings is 3. The van der Waals surface area contributed by atoms with E-state index in [2.05, 4.69) is 5.32 Å². The van der Waals surface area contributed by atoms with Crippen molar-refractivity contribution in [3.8, 4) is 0 Å². The fraction of sp³-hybridized carbons (Fsp3) is 0.286. The lowest BCUT2D eigenvalue weighted by Crippen LogP contribution is -2.52. The summed E-state index contributed by atoms with van der Waals surface area (Å²) in [5.74, 6) is -1.12. The highest BCUT2D eigenvalue weighted by Gasteiger charge is 2.33. The summed E-state index contributed by atoms with van der Waals surface area (Å²) in [4.78, 5) is 38.8. The van der Waals surface area contributed by atoms with Crippen molar-refractivity contribution in [1.82, 2.24) is 10.2 Å². The quantitative estimate of drug-likeness (QED) is 0.212. The Morgan fingerprint density at radius 3 is 2.20 bits per heavy atom. The van der Waals surface area contributed by atoms with Gasteiger partial charge in [0.15, 0.2) is 0 Å². The van der Waals surface area contributed by atoms with E-state index in [0.717, 1.165) is 16.4 Å². The third-order valence-electron chi connectivity index (χ3n) is 6.48. The van der Waals surface area contributed by atoms with Gasteiger partial charge in [0.1, 0.15) is 12.6 Å². The van der Waals surface area contributed by atoms with E-state index in [9.17, 15) is 28.1 Å². The van der Waals surface area contributed by atoms with Crippen LogP contribution in [-0.4, -0.2) is 48.7 Å². The van der Waals surface area contributed by atoms with E-state index in [1.165, 1.54) is 35.2 Å². The highest BCUT2D eigenvalue weighted by atomic mass is 35.5. The second-order valence-corrected chi connectivity index (χ2v) is 12.1. The number of nitrogens with one attached hydrogen (secondary N) is 1. The highest BCUT2D eigenvalue weighted by Crippen LogP contribution is 2.27. The fourth-order valence-electron chi connectivity index (χ4n) is 3.87. The van der Waals surface area contributed by atoms with Crippen LogP contribution in [0.15, 0.2) is 77.7 Å². The summed E-state index contributed by atoms with van der Waals surface area (Å²) < 4.78 is 28.4. The van der Waals surface area contributed by atoms with E-state index in [-0.39, 0.29) is 33.9 Å². The van der Waals surface area contributed by atoms with Gasteiger partial charge in [-0.2, -0.15) is 0 Å². The molecule has 0 saturated heterocycles. The first kappa shape index (κ1) is 31.9. The first-order valence-corrected chi connectivity index (χ1v) is 14.9. The summed E-state index contributed by atoms with van der Waals surface area (Å²) in [6.07, 6.45) is 0.665. The van der Waals surface area contributed by atoms with Gasteiger partial charge in [0, 0.05) is 34.8 Å². The number of rotatable bonds is 12. The fourth-order valence-corrected chi connectivity index (χ4v) is 5.77. The van der Waals surface area contributed by atoms with E-state index in [0.29, 0.717) is 17.0 Å². The van der Waals surface area contributed by atoms with E-state index in [1.54, 1.807) is 37.3 Å². The predicted octanol–water partition coefficient (Wildman–Crippen LogP) is 5.43. The number of nitrogens with zero attached hydrogens (tertiary/aromatic N) is 3. The average Bonchev–Trinajstić information content (AvgIpc) is 2.95. The van der Waals surface area contributed by atoms with Crippen LogP contribution in [-0.2, 0) is 26.2 Å². The Kier molecular flexibility index (Phi) is 10.7. The summed E-state index contributed by atoms with van der Waals surface area (Å²) in [6.45, 7) is 4.48. The Morgan fingerprint density at radius 2 is 1.63 bits per heavy atom. The minimum atomic E-state index is -4.30. The Hall–Kier alpha value is -3.67. The highest BCUT2D eigenvalue weighted by molar-refractivity contribution is 7.92. The molecule has 0 saturated carbocycles. The van der Waals surface area contributed by atoms with Gasteiger partial charge in [0.05, 0.1) is 15.5 Å². The maximum absolute atomic E-state index is 13.9. The number of nitro benzene ring substituents is 1. The molecule has 0 heterocycles. The van der Waals surface area contributed by atoms with Crippen molar-refractivity contribution in [1.29, 1.82) is 0 Å². The summed E-state index contributed by atoms with van der Waals surface area (Å²) >= 11 is 12.4. The van der Waals surface area contributed by atoms with Crippen LogP contribution >= 0.6 is 23.2 Å². The van der Waals surface area contributed by atoms with Crippen LogP contribution in [0, 0.1) is 10.1 Å². The Morgan fingerprint density at radius 1 is 1.00 bits per heavy atom. The number of amides is 2. The number of carbonyl (C=O) groups is 2. The largest absolute Gasteiger partial charge is 0.352 e. The van der Waals surface area contributed by atoms with Gasteiger partial charge < -0.3 is 10.2 Å². The second kappa shape index (κ2) is 13.8. The topological polar surface area (TPSA) is 130 Å². The third kappa shape index (κ3) is 7.96. The number of hydrogen-bond acceptors (Lipinski definition) is 6. The molecule has 10 nitrogen and oxygen atoms in total. The zero-order chi connectivity index (χ0) is 30.3. The van der Waals surface area contributed by atoms with Crippen LogP contribution < -0.4 is 9.62 Å². The maximum Gasteiger partial charge on any atom is 0.269 e. The Bertz CT molecular complexity index is 1500. The number of non-ortho nitro benzene ring substituents is 1. The SMILES string of the molecule is CC[C@@H](C)NC(=O)[C@@H](C)N(Cc1ccc(Cl)cc1Cl)C(=O)CN(c1ccc([N+](=O)[O-])cc1)S(=O)(=O)c1ccccc1. The van der Waals surface area contributed by atoms with Gasteiger partial charge in [-0.3, -0.25) is 24.0 Å². The van der Waals surface area contributed by atoms with Crippen molar-refractivity contribution in [3.63, 3.8) is 0 Å². The molecule has 0 fully saturated rings. The van der Waals surface area contributed by atoms with Gasteiger partial charge in [0.25, 0.3) is 15.7 Å². The van der Waals surface area contributed by atoms with Gasteiger partial charge in [-0.15, -0.1) is 0 Å². The molecule has 218 valence electrons. The number of hydrogen-bond donors (Lipinski definition) is 1. The van der Waals surface area contributed by atoms with Crippen molar-refractivity contribution in [2.45, 2.75) is 50.7 Å². The molecule has 0 bridgehead atoms. The molecule has 0 aromatic heterocycles. The monoisotopic (exact) mass is 620 g/mol. The Labute approximate surface area is 249 Å². The van der Waals surface area contributed by atoms with Crippen LogP contribution in [0.5, 0.6) is 0 Å². The van der Waals surface area contributed by atoms with E-state index >= 15 is 0 Å². The van der Waals surface area contributed by atoms with Crippen LogP contribution in [0.25, 0.3) is 0 Å². The maximum atomic E-state index is 13.9. The summed E-state index contributed by atoms with van der Waals surface area (Å²) in [5, 5.41) is 14.7. The molecule has 1 N–H and O–H groups in total. The molecule has 3 aromatic carbocycles. The first-order chi connectivity index (χ1) is 19.3. The summed E-state index contributed by atoms with van der Waals surface area (Å²) in [5.41, 5.74) is 0.292. The minimum absolute atomic E-state index is 0.0361. The summed E-state index contributed by atoms with van der Waals surface area (Å²) in [7, 11) is -4.30. The van der Waals surface area contributed by atoms with Gasteiger partial charge >= 0.3 is 0 Å². The number of sulfonamides is 1. The molecule has 0 aliphatic carbocycles. The second-order valence-electron chi connectivity index (χ2n) is 9.35. The first-order valence-electron chi connectivity index (χ1n) is 12.7. The zero-order valence-electron chi connectivity index (χ0n) is 22.7. The van der Waals surface area contributed by atoms with Crippen molar-refractivity contribution >= 4 is 56.4 Å². The van der Waals surface area contributed by atoms with Gasteiger partial charge in [-0.05, 0) is 62.2 Å². The van der Waals surface area contributed by atoms with Crippen LogP contribution in [0.3, 0.4) is 0 Å². The molecule has 2 amide bonds. The van der Waals surface area contributed by atoms with E-state index < -0.39 is 39.3 Å². The van der Waals surface area contributed by atoms with Gasteiger partial charge in [-0.25, -0.2) is 8.42 Å². The van der Waals surface area contributed by atoms with Crippen LogP contribution in [0.1, 0.15) is 32.8 Å². The number of halogens is 2. The molecule has 0 spiro atoms. The van der Waals surface area contributed by atoms with Crippen molar-refractivity contribution in [3.05, 3.63) is 98.5 Å². The normalized spacial score (nSPS) is 12.7. The predicted molar refractivity (Wildman–Crippen MR) is 158 cm³/mol. The molecule has 0 aliphatic rings. The molecule has 0 radical (unpaired) electrons. The van der Waals surface area contributed by atoms with Crippen molar-refractivity contribution in [2.24, 2.45) is 0 Å². The lowest BCUT2D eigenvalue weighted by atomic mass is 10.1. The molecular formula is C28H30Cl2N4O6S. The number of nitro groups is 1. The third-order valence-corrected chi connectivity index (χ3v) is 8.86. The standard InChI is InChI=1S/C28H30Cl2N4O6S/c1-4-19(2)31-28(36)20(3)32(17-21-10-11-22(29)16-26(21)30)27(35)18-33(23-12-14-24(15-13-23)34(37)38)41(39,40)25-8-6-5-7-9-25/h5-16,19-20H,4,17-18H2,1-3H3,(H,31,36)/t19-,20-/m1/s1. The Balaban J connectivity index is 2.05. The molecular weight excluding hydrogens is 591 g/mol. The van der Waals surface area contributed by atoms with Gasteiger partial charge in [0.2, 0.25) is 11.8 Å². The molecule has 3 aromatic rings. The van der Waals surface area contributed by atoms with E-state index in [1.807, 2.05) is 13.8 Å². The number of carbonyl (C=O) groups excluding carboxylic acids is 2. The molecule has 2 atom stereocenters. The lowest BCUT2D eigenvalue weighted by Gasteiger charge is -2.32. The van der Waals surface area contributed by atoms with Crippen LogP contribution in [0.4, 0.5) is 11.4 Å². The molecule has 41 heavy (non-hydrogen) atoms. The van der Waals surface area contributed by atoms with Gasteiger partial charge in [-0.1, -0.05) is 54.4 Å². The minimum Gasteiger partial charge on any atom is -0.352 e. The molecule has 0 unspecified atom stereocenters. The number of anilines is 1. The smallest absolute Gasteiger partial charge is 0.269 e. The molecule has 0 aliphatic heterocycles. The summed E-state index contributed by atoms with van der Waals surface area (Å²) in [6, 6.07) is 15.9. The zero-order valence-corrected chi connectivity index (χ0v) is 25.0. The van der Waals surface area contributed by atoms with Crippen molar-refractivity contribution in [2.75, 3.05) is 10.8 Å². The van der Waals surface area contributed by atoms with Crippen molar-refractivity contribution < 1.29 is 22.9 Å². The van der Waals surface area contributed by atoms with Crippen LogP contribution in [0.2, 0.25) is 10.0 Å².